The minimum atomic E-state index is -1.16. The van der Waals surface area contributed by atoms with Crippen molar-refractivity contribution in [3.05, 3.63) is 47.3 Å². The minimum Gasteiger partial charge on any atom is -0.495 e. The maximum absolute atomic E-state index is 13.8. The Morgan fingerprint density at radius 2 is 1.94 bits per heavy atom. The van der Waals surface area contributed by atoms with Gasteiger partial charge in [0.1, 0.15) is 17.0 Å². The fourth-order valence-corrected chi connectivity index (χ4v) is 5.43. The molecule has 0 saturated heterocycles. The van der Waals surface area contributed by atoms with Gasteiger partial charge in [0.15, 0.2) is 5.58 Å². The summed E-state index contributed by atoms with van der Waals surface area (Å²) in [7, 11) is 1.54. The van der Waals surface area contributed by atoms with E-state index in [0.717, 1.165) is 31.2 Å². The monoisotopic (exact) mass is 469 g/mol. The summed E-state index contributed by atoms with van der Waals surface area (Å²) in [6, 6.07) is 8.84. The van der Waals surface area contributed by atoms with E-state index in [1.807, 2.05) is 17.6 Å². The number of benzene rings is 1. The molecule has 1 N–H and O–H groups in total. The summed E-state index contributed by atoms with van der Waals surface area (Å²) < 4.78 is 12.7. The second kappa shape index (κ2) is 8.45. The zero-order valence-electron chi connectivity index (χ0n) is 18.9. The molecule has 7 nitrogen and oxygen atoms in total. The molecule has 33 heavy (non-hydrogen) atoms. The maximum Gasteiger partial charge on any atom is 0.276 e. The first-order valence-corrected chi connectivity index (χ1v) is 11.9. The van der Waals surface area contributed by atoms with Crippen molar-refractivity contribution in [2.24, 2.45) is 0 Å². The van der Waals surface area contributed by atoms with Gasteiger partial charge in [0, 0.05) is 23.9 Å². The summed E-state index contributed by atoms with van der Waals surface area (Å²) in [4.78, 5) is 29.2. The van der Waals surface area contributed by atoms with E-state index < -0.39 is 5.54 Å². The van der Waals surface area contributed by atoms with Crippen molar-refractivity contribution in [2.75, 3.05) is 12.0 Å². The highest BCUT2D eigenvalue weighted by Gasteiger charge is 2.49. The fraction of sp³-hybridized carbons (Fsp3) is 0.440. The molecule has 2 aromatic heterocycles. The summed E-state index contributed by atoms with van der Waals surface area (Å²) in [6.07, 6.45) is 8.13. The number of fused-ring (bicyclic) bond motifs is 3. The highest BCUT2D eigenvalue weighted by Crippen LogP contribution is 2.39. The molecule has 3 heterocycles. The predicted octanol–water partition coefficient (Wildman–Crippen LogP) is 5.15. The smallest absolute Gasteiger partial charge is 0.276 e. The van der Waals surface area contributed by atoms with Gasteiger partial charge < -0.3 is 19.0 Å². The van der Waals surface area contributed by atoms with Crippen molar-refractivity contribution in [1.82, 2.24) is 9.88 Å². The average molecular weight is 470 g/mol. The zero-order valence-corrected chi connectivity index (χ0v) is 19.7. The van der Waals surface area contributed by atoms with Crippen LogP contribution >= 0.6 is 11.6 Å². The first-order chi connectivity index (χ1) is 15.9. The number of aromatic nitrogens is 1. The molecule has 0 radical (unpaired) electrons. The van der Waals surface area contributed by atoms with Gasteiger partial charge in [-0.15, -0.1) is 0 Å². The molecule has 0 spiro atoms. The average Bonchev–Trinajstić information content (AvgIpc) is 3.28. The molecule has 1 fully saturated rings. The molecule has 2 amide bonds. The van der Waals surface area contributed by atoms with Crippen LogP contribution in [0, 0.1) is 0 Å². The standard InChI is InChI=1S/C25H28ClN3O4/c1-25(24(31)27-16-7-5-3-4-6-8-16)15-28-19-11-12-33-22(19)14-20(28)23(30)29(25)17-9-10-21(32-2)18(26)13-17/h9-14,16H,3-8,15H2,1-2H3,(H,27,31)/t25-/m0/s1. The molecule has 1 saturated carbocycles. The number of hydrogen-bond donors (Lipinski definition) is 1. The van der Waals surface area contributed by atoms with Crippen molar-refractivity contribution in [3.63, 3.8) is 0 Å². The Balaban J connectivity index is 1.58. The topological polar surface area (TPSA) is 76.7 Å². The Morgan fingerprint density at radius 3 is 2.64 bits per heavy atom. The molecule has 0 bridgehead atoms. The number of nitrogens with zero attached hydrogens (tertiary/aromatic N) is 2. The van der Waals surface area contributed by atoms with Crippen LogP contribution in [-0.4, -0.2) is 35.1 Å². The van der Waals surface area contributed by atoms with Crippen LogP contribution < -0.4 is 15.0 Å². The van der Waals surface area contributed by atoms with Crippen LogP contribution in [0.2, 0.25) is 5.02 Å². The Labute approximate surface area is 197 Å². The van der Waals surface area contributed by atoms with Gasteiger partial charge in [0.2, 0.25) is 5.91 Å². The number of nitrogens with one attached hydrogen (secondary N) is 1. The second-order valence-electron chi connectivity index (χ2n) is 9.18. The highest BCUT2D eigenvalue weighted by molar-refractivity contribution is 6.32. The normalized spacial score (nSPS) is 21.7. The summed E-state index contributed by atoms with van der Waals surface area (Å²) in [6.45, 7) is 2.13. The minimum absolute atomic E-state index is 0.119. The lowest BCUT2D eigenvalue weighted by Crippen LogP contribution is -2.65. The van der Waals surface area contributed by atoms with Gasteiger partial charge in [-0.25, -0.2) is 0 Å². The summed E-state index contributed by atoms with van der Waals surface area (Å²) in [5.74, 6) is 0.0773. The van der Waals surface area contributed by atoms with Crippen LogP contribution in [0.25, 0.3) is 11.1 Å². The molecule has 0 unspecified atom stereocenters. The first kappa shape index (κ1) is 21.9. The third kappa shape index (κ3) is 3.68. The molecule has 5 rings (SSSR count). The number of halogens is 1. The third-order valence-corrected chi connectivity index (χ3v) is 7.27. The van der Waals surface area contributed by atoms with E-state index in [4.69, 9.17) is 20.8 Å². The Morgan fingerprint density at radius 1 is 1.18 bits per heavy atom. The molecule has 174 valence electrons. The lowest BCUT2D eigenvalue weighted by Gasteiger charge is -2.44. The van der Waals surface area contributed by atoms with Crippen molar-refractivity contribution in [3.8, 4) is 5.75 Å². The Bertz CT molecular complexity index is 1210. The van der Waals surface area contributed by atoms with Crippen LogP contribution in [0.5, 0.6) is 5.75 Å². The van der Waals surface area contributed by atoms with E-state index in [1.54, 1.807) is 42.5 Å². The molecule has 1 aliphatic carbocycles. The van der Waals surface area contributed by atoms with Crippen molar-refractivity contribution >= 4 is 40.2 Å². The number of methoxy groups -OCH3 is 1. The SMILES string of the molecule is COc1ccc(N2C(=O)c3cc4occc4n3C[C@@]2(C)C(=O)NC2CCCCCC2)cc1Cl. The van der Waals surface area contributed by atoms with Crippen molar-refractivity contribution in [2.45, 2.75) is 63.6 Å². The number of rotatable bonds is 4. The maximum atomic E-state index is 13.8. The van der Waals surface area contributed by atoms with Gasteiger partial charge in [0.25, 0.3) is 5.91 Å². The van der Waals surface area contributed by atoms with Crippen molar-refractivity contribution in [1.29, 1.82) is 0 Å². The summed E-state index contributed by atoms with van der Waals surface area (Å²) in [5.41, 5.74) is 1.31. The van der Waals surface area contributed by atoms with Crippen LogP contribution in [0.4, 0.5) is 5.69 Å². The van der Waals surface area contributed by atoms with Crippen LogP contribution in [-0.2, 0) is 11.3 Å². The van der Waals surface area contributed by atoms with Gasteiger partial charge in [-0.1, -0.05) is 37.3 Å². The van der Waals surface area contributed by atoms with Crippen LogP contribution in [0.1, 0.15) is 55.9 Å². The molecule has 1 aromatic carbocycles. The van der Waals surface area contributed by atoms with E-state index in [9.17, 15) is 9.59 Å². The van der Waals surface area contributed by atoms with Crippen LogP contribution in [0.15, 0.2) is 41.0 Å². The number of furan rings is 1. The molecule has 1 atom stereocenters. The molecule has 1 aliphatic heterocycles. The lowest BCUT2D eigenvalue weighted by atomic mass is 9.92. The first-order valence-electron chi connectivity index (χ1n) is 11.5. The molecular formula is C25H28ClN3O4. The number of anilines is 1. The summed E-state index contributed by atoms with van der Waals surface area (Å²) in [5, 5.41) is 3.64. The van der Waals surface area contributed by atoms with E-state index in [-0.39, 0.29) is 17.9 Å². The molecule has 3 aromatic rings. The van der Waals surface area contributed by atoms with Crippen LogP contribution in [0.3, 0.4) is 0 Å². The number of ether oxygens (including phenoxy) is 1. The Kier molecular flexibility index (Phi) is 5.60. The number of carbonyl (C=O) groups is 2. The van der Waals surface area contributed by atoms with Gasteiger partial charge in [-0.3, -0.25) is 14.5 Å². The zero-order chi connectivity index (χ0) is 23.2. The predicted molar refractivity (Wildman–Crippen MR) is 127 cm³/mol. The van der Waals surface area contributed by atoms with Crippen molar-refractivity contribution < 1.29 is 18.7 Å². The van der Waals surface area contributed by atoms with Gasteiger partial charge in [0.05, 0.1) is 30.5 Å². The summed E-state index contributed by atoms with van der Waals surface area (Å²) >= 11 is 6.41. The number of hydrogen-bond acceptors (Lipinski definition) is 4. The van der Waals surface area contributed by atoms with Gasteiger partial charge >= 0.3 is 0 Å². The van der Waals surface area contributed by atoms with Gasteiger partial charge in [-0.2, -0.15) is 0 Å². The largest absolute Gasteiger partial charge is 0.495 e. The highest BCUT2D eigenvalue weighted by atomic mass is 35.5. The fourth-order valence-electron chi connectivity index (χ4n) is 5.18. The lowest BCUT2D eigenvalue weighted by molar-refractivity contribution is -0.127. The van der Waals surface area contributed by atoms with E-state index >= 15 is 0 Å². The molecule has 8 heteroatoms. The Hall–Kier alpha value is -2.93. The van der Waals surface area contributed by atoms with E-state index in [1.165, 1.54) is 12.8 Å². The molecule has 2 aliphatic rings. The van der Waals surface area contributed by atoms with E-state index in [2.05, 4.69) is 5.32 Å². The van der Waals surface area contributed by atoms with Gasteiger partial charge in [-0.05, 0) is 38.0 Å². The molecular weight excluding hydrogens is 442 g/mol. The van der Waals surface area contributed by atoms with E-state index in [0.29, 0.717) is 34.3 Å². The third-order valence-electron chi connectivity index (χ3n) is 6.98. The second-order valence-corrected chi connectivity index (χ2v) is 9.59. The number of carbonyl (C=O) groups excluding carboxylic acids is 2. The quantitative estimate of drug-likeness (QED) is 0.536. The number of amides is 2.